The predicted molar refractivity (Wildman–Crippen MR) is 324 cm³/mol. The summed E-state index contributed by atoms with van der Waals surface area (Å²) in [6.45, 7) is 4.49. The molecule has 23 N–H and O–H groups in total. The zero-order valence-corrected chi connectivity index (χ0v) is 49.7. The van der Waals surface area contributed by atoms with E-state index in [0.29, 0.717) is 68.4 Å². The highest BCUT2D eigenvalue weighted by molar-refractivity contribution is 5.99. The Kier molecular flexibility index (Phi) is 33.4. The standard InChI is InChI=1S/C58H91N17O12/c1-35(2)28-43(52(81)70-42(57(86)87)22-11-14-26-61)72-55(84)46(31-38-33-65-34-67-38)74-50(79)40(21-10-13-25-60)68-53(82)45(30-37-18-7-4-8-19-37)73-51(80)41(23-15-27-66-58(63)64)69-56(85)47(32-48(76)77)75-54(83)44(29-36-16-5-3-6-17-36)71-49(78)39(62)20-9-12-24-59/h3-8,16-19,33-35,39-47H,9-15,20-32,59-62H2,1-2H3,(H,65,67)(H,68,82)(H,69,85)(H,70,81)(H,71,78)(H,72,84)(H,73,80)(H,74,79)(H,75,83)(H,76,77)(H,86,87)(H4,63,64,66)/t39-,40-,41-,42-,43-,44-,45-,46-,47-/m0/s1. The van der Waals surface area contributed by atoms with Crippen molar-refractivity contribution < 1.29 is 58.2 Å². The molecule has 0 fully saturated rings. The molecule has 1 heterocycles. The van der Waals surface area contributed by atoms with Gasteiger partial charge in [-0.25, -0.2) is 9.78 Å². The minimum absolute atomic E-state index is 0.0179. The van der Waals surface area contributed by atoms with E-state index in [1.165, 1.54) is 12.5 Å². The lowest BCUT2D eigenvalue weighted by molar-refractivity contribution is -0.142. The molecule has 9 atom stereocenters. The molecule has 0 saturated heterocycles. The van der Waals surface area contributed by atoms with Gasteiger partial charge in [0.15, 0.2) is 5.96 Å². The van der Waals surface area contributed by atoms with E-state index >= 15 is 0 Å². The Morgan fingerprint density at radius 3 is 1.33 bits per heavy atom. The summed E-state index contributed by atoms with van der Waals surface area (Å²) in [6, 6.07) is 4.54. The second-order valence-electron chi connectivity index (χ2n) is 21.6. The monoisotopic (exact) mass is 1220 g/mol. The fourth-order valence-corrected chi connectivity index (χ4v) is 9.14. The van der Waals surface area contributed by atoms with Gasteiger partial charge in [-0.05, 0) is 107 Å². The molecule has 3 rings (SSSR count). The molecule has 3 aromatic rings. The van der Waals surface area contributed by atoms with Gasteiger partial charge >= 0.3 is 11.9 Å². The maximum absolute atomic E-state index is 14.8. The zero-order chi connectivity index (χ0) is 64.3. The van der Waals surface area contributed by atoms with Crippen LogP contribution >= 0.6 is 0 Å². The fraction of sp³-hybridized carbons (Fsp3) is 0.552. The number of carboxylic acid groups (broad SMARTS) is 2. The van der Waals surface area contributed by atoms with Crippen LogP contribution in [0.25, 0.3) is 0 Å². The van der Waals surface area contributed by atoms with E-state index < -0.39 is 120 Å². The Morgan fingerprint density at radius 1 is 0.494 bits per heavy atom. The van der Waals surface area contributed by atoms with Crippen LogP contribution in [0, 0.1) is 5.92 Å². The van der Waals surface area contributed by atoms with Crippen LogP contribution in [0.1, 0.15) is 114 Å². The number of nitrogens with one attached hydrogen (secondary N) is 9. The molecule has 87 heavy (non-hydrogen) atoms. The lowest BCUT2D eigenvalue weighted by Crippen LogP contribution is -2.61. The van der Waals surface area contributed by atoms with E-state index in [4.69, 9.17) is 34.4 Å². The average molecular weight is 1220 g/mol. The number of nitrogens with two attached hydrogens (primary N) is 6. The van der Waals surface area contributed by atoms with Gasteiger partial charge in [0.05, 0.1) is 18.8 Å². The number of carbonyl (C=O) groups excluding carboxylic acids is 8. The molecule has 8 amide bonds. The van der Waals surface area contributed by atoms with Crippen molar-refractivity contribution in [3.8, 4) is 0 Å². The topological polar surface area (TPSA) is 505 Å². The molecule has 480 valence electrons. The van der Waals surface area contributed by atoms with Crippen LogP contribution in [0.4, 0.5) is 0 Å². The first-order chi connectivity index (χ1) is 41.5. The number of hydrogen-bond donors (Lipinski definition) is 17. The van der Waals surface area contributed by atoms with Gasteiger partial charge < -0.3 is 92.1 Å². The number of amides is 8. The maximum Gasteiger partial charge on any atom is 0.326 e. The number of aliphatic imine (C=N–C) groups is 1. The molecular weight excluding hydrogens is 1130 g/mol. The number of carboxylic acids is 2. The summed E-state index contributed by atoms with van der Waals surface area (Å²) in [4.78, 5) is 149. The van der Waals surface area contributed by atoms with Crippen molar-refractivity contribution in [1.29, 1.82) is 0 Å². The molecule has 0 aliphatic carbocycles. The van der Waals surface area contributed by atoms with Gasteiger partial charge in [0, 0.05) is 37.7 Å². The van der Waals surface area contributed by atoms with Crippen molar-refractivity contribution in [1.82, 2.24) is 52.5 Å². The number of carbonyl (C=O) groups is 10. The molecule has 29 heteroatoms. The summed E-state index contributed by atoms with van der Waals surface area (Å²) in [5, 5.41) is 40.9. The summed E-state index contributed by atoms with van der Waals surface area (Å²) >= 11 is 0. The van der Waals surface area contributed by atoms with Crippen molar-refractivity contribution in [2.75, 3.05) is 26.2 Å². The van der Waals surface area contributed by atoms with Gasteiger partial charge in [-0.3, -0.25) is 48.1 Å². The fourth-order valence-electron chi connectivity index (χ4n) is 9.14. The number of H-pyrrole nitrogens is 1. The number of imidazole rings is 1. The molecular formula is C58H91N17O12. The molecule has 0 aliphatic rings. The number of hydrogen-bond acceptors (Lipinski definition) is 16. The highest BCUT2D eigenvalue weighted by atomic mass is 16.4. The first kappa shape index (κ1) is 72.7. The number of benzene rings is 2. The van der Waals surface area contributed by atoms with Gasteiger partial charge in [-0.1, -0.05) is 80.9 Å². The smallest absolute Gasteiger partial charge is 0.326 e. The van der Waals surface area contributed by atoms with Gasteiger partial charge in [-0.15, -0.1) is 0 Å². The first-order valence-corrected chi connectivity index (χ1v) is 29.4. The maximum atomic E-state index is 14.8. The Bertz CT molecular complexity index is 2660. The number of nitrogens with zero attached hydrogens (tertiary/aromatic N) is 2. The number of unbranched alkanes of at least 4 members (excludes halogenated alkanes) is 3. The summed E-state index contributed by atoms with van der Waals surface area (Å²) < 4.78 is 0. The molecule has 0 radical (unpaired) electrons. The quantitative estimate of drug-likeness (QED) is 0.0161. The Morgan fingerprint density at radius 2 is 0.885 bits per heavy atom. The van der Waals surface area contributed by atoms with E-state index in [1.807, 2.05) is 0 Å². The lowest BCUT2D eigenvalue weighted by atomic mass is 10.0. The van der Waals surface area contributed by atoms with Gasteiger partial charge in [0.25, 0.3) is 0 Å². The van der Waals surface area contributed by atoms with Crippen molar-refractivity contribution in [3.05, 3.63) is 90.0 Å². The number of aliphatic carboxylic acids is 2. The van der Waals surface area contributed by atoms with Crippen molar-refractivity contribution >= 4 is 65.2 Å². The molecule has 0 saturated carbocycles. The minimum atomic E-state index is -1.83. The molecule has 0 unspecified atom stereocenters. The number of guanidine groups is 1. The summed E-state index contributed by atoms with van der Waals surface area (Å²) in [7, 11) is 0. The third kappa shape index (κ3) is 28.5. The molecule has 2 aromatic carbocycles. The largest absolute Gasteiger partial charge is 0.481 e. The van der Waals surface area contributed by atoms with Crippen LogP contribution in [0.3, 0.4) is 0 Å². The van der Waals surface area contributed by atoms with E-state index in [2.05, 4.69) is 57.5 Å². The summed E-state index contributed by atoms with van der Waals surface area (Å²) in [6.07, 6.45) is 4.44. The second kappa shape index (κ2) is 40.0. The Balaban J connectivity index is 2.00. The highest BCUT2D eigenvalue weighted by Gasteiger charge is 2.36. The summed E-state index contributed by atoms with van der Waals surface area (Å²) in [5.41, 5.74) is 35.9. The Hall–Kier alpha value is -8.54. The number of aromatic nitrogens is 2. The highest BCUT2D eigenvalue weighted by Crippen LogP contribution is 2.13. The minimum Gasteiger partial charge on any atom is -0.481 e. The second-order valence-corrected chi connectivity index (χ2v) is 21.6. The van der Waals surface area contributed by atoms with E-state index in [0.717, 1.165) is 0 Å². The third-order valence-corrected chi connectivity index (χ3v) is 13.8. The lowest BCUT2D eigenvalue weighted by Gasteiger charge is -2.28. The van der Waals surface area contributed by atoms with Gasteiger partial charge in [0.2, 0.25) is 47.3 Å². The molecule has 1 aromatic heterocycles. The van der Waals surface area contributed by atoms with Gasteiger partial charge in [0.1, 0.15) is 48.3 Å². The van der Waals surface area contributed by atoms with Crippen molar-refractivity contribution in [2.24, 2.45) is 45.3 Å². The first-order valence-electron chi connectivity index (χ1n) is 29.4. The number of rotatable bonds is 43. The third-order valence-electron chi connectivity index (χ3n) is 13.8. The Labute approximate surface area is 506 Å². The van der Waals surface area contributed by atoms with Crippen molar-refractivity contribution in [3.63, 3.8) is 0 Å². The normalized spacial score (nSPS) is 14.2. The van der Waals surface area contributed by atoms with Crippen LogP contribution in [-0.2, 0) is 67.2 Å². The molecule has 0 spiro atoms. The van der Waals surface area contributed by atoms with E-state index in [-0.39, 0.29) is 82.8 Å². The zero-order valence-electron chi connectivity index (χ0n) is 49.7. The average Bonchev–Trinajstić information content (AvgIpc) is 4.16. The molecule has 29 nitrogen and oxygen atoms in total. The van der Waals surface area contributed by atoms with Crippen LogP contribution in [0.2, 0.25) is 0 Å². The summed E-state index contributed by atoms with van der Waals surface area (Å²) in [5.74, 6) is -10.2. The van der Waals surface area contributed by atoms with E-state index in [9.17, 15) is 58.2 Å². The SMILES string of the molecule is CC(C)C[C@H](NC(=O)[C@H](Cc1cnc[nH]1)NC(=O)[C@H](CCCCN)NC(=O)[C@H](Cc1ccccc1)NC(=O)[C@H](CCCN=C(N)N)NC(=O)[C@H](CC(=O)O)NC(=O)[C@H](Cc1ccccc1)NC(=O)[C@@H](N)CCCCN)C(=O)N[C@@H](CCCCN)C(=O)O. The van der Waals surface area contributed by atoms with Gasteiger partial charge in [-0.2, -0.15) is 0 Å². The van der Waals surface area contributed by atoms with Crippen LogP contribution < -0.4 is 76.9 Å². The predicted octanol–water partition coefficient (Wildman–Crippen LogP) is -2.31. The van der Waals surface area contributed by atoms with Crippen LogP contribution in [-0.4, -0.2) is 166 Å². The van der Waals surface area contributed by atoms with Crippen molar-refractivity contribution in [2.45, 2.75) is 171 Å². The van der Waals surface area contributed by atoms with E-state index in [1.54, 1.807) is 74.5 Å². The van der Waals surface area contributed by atoms with Crippen LogP contribution in [0.5, 0.6) is 0 Å². The number of aromatic amines is 1. The molecule has 0 aliphatic heterocycles. The van der Waals surface area contributed by atoms with Crippen LogP contribution in [0.15, 0.2) is 78.2 Å². The molecule has 0 bridgehead atoms.